The number of hydrogen-bond donors (Lipinski definition) is 1. The lowest BCUT2D eigenvalue weighted by Gasteiger charge is -2.21. The molecule has 2 heterocycles. The van der Waals surface area contributed by atoms with Crippen molar-refractivity contribution in [1.82, 2.24) is 14.7 Å². The predicted octanol–water partition coefficient (Wildman–Crippen LogP) is 5.88. The number of rotatable bonds is 8. The zero-order valence-corrected chi connectivity index (χ0v) is 19.3. The average Bonchev–Trinajstić information content (AvgIpc) is 3.28. The molecule has 2 aromatic heterocycles. The summed E-state index contributed by atoms with van der Waals surface area (Å²) in [4.78, 5) is 17.2. The van der Waals surface area contributed by atoms with E-state index >= 15 is 0 Å². The first-order valence-corrected chi connectivity index (χ1v) is 10.9. The van der Waals surface area contributed by atoms with Crippen molar-refractivity contribution in [3.8, 4) is 11.5 Å². The molecule has 0 saturated carbocycles. The number of hydrogen-bond acceptors (Lipinski definition) is 5. The molecule has 1 N–H and O–H groups in total. The highest BCUT2D eigenvalue weighted by Gasteiger charge is 2.29. The van der Waals surface area contributed by atoms with Gasteiger partial charge in [-0.3, -0.25) is 9.20 Å². The molecular formula is C22H22F5N3O3S. The van der Waals surface area contributed by atoms with Crippen LogP contribution in [0.1, 0.15) is 42.5 Å². The fraction of sp³-hybridized carbons (Fsp3) is 0.364. The standard InChI is InChI=1S/C22H22F5N3O3S/c1-21(2,3)12-32-17-13(5-4-6-15(17)33-19(23)24)7-8-14-16(18(31)28-11-22(25,26)27)30-9-10-34-20(30)29-14/h4-10,19H,11-12H2,1-3H3,(H,28,31). The average molecular weight is 503 g/mol. The summed E-state index contributed by atoms with van der Waals surface area (Å²) in [5.41, 5.74) is 0.0967. The number of carbonyl (C=O) groups excluding carboxylic acids is 1. The van der Waals surface area contributed by atoms with Crippen LogP contribution in [0.3, 0.4) is 0 Å². The first-order valence-electron chi connectivity index (χ1n) is 10.0. The minimum absolute atomic E-state index is 0.0677. The van der Waals surface area contributed by atoms with Gasteiger partial charge in [0, 0.05) is 17.1 Å². The Balaban J connectivity index is 1.98. The third kappa shape index (κ3) is 6.69. The second-order valence-electron chi connectivity index (χ2n) is 8.43. The van der Waals surface area contributed by atoms with Gasteiger partial charge in [-0.25, -0.2) is 4.98 Å². The third-order valence-corrected chi connectivity index (χ3v) is 5.01. The Hall–Kier alpha value is -3.15. The van der Waals surface area contributed by atoms with Crippen LogP contribution < -0.4 is 14.8 Å². The molecule has 0 saturated heterocycles. The van der Waals surface area contributed by atoms with Crippen LogP contribution in [0.2, 0.25) is 0 Å². The molecule has 0 aliphatic rings. The molecule has 0 spiro atoms. The van der Waals surface area contributed by atoms with Crippen molar-refractivity contribution in [3.63, 3.8) is 0 Å². The molecule has 0 atom stereocenters. The number of para-hydroxylation sites is 1. The van der Waals surface area contributed by atoms with E-state index < -0.39 is 25.2 Å². The molecule has 184 valence electrons. The second kappa shape index (κ2) is 10.00. The van der Waals surface area contributed by atoms with Crippen molar-refractivity contribution in [1.29, 1.82) is 0 Å². The number of aromatic nitrogens is 2. The molecule has 0 radical (unpaired) electrons. The van der Waals surface area contributed by atoms with Crippen LogP contribution in [-0.2, 0) is 0 Å². The summed E-state index contributed by atoms with van der Waals surface area (Å²) >= 11 is 1.20. The molecule has 1 aromatic carbocycles. The van der Waals surface area contributed by atoms with Crippen molar-refractivity contribution in [2.75, 3.05) is 13.2 Å². The smallest absolute Gasteiger partial charge is 0.405 e. The first kappa shape index (κ1) is 25.5. The van der Waals surface area contributed by atoms with Crippen molar-refractivity contribution >= 4 is 34.4 Å². The summed E-state index contributed by atoms with van der Waals surface area (Å²) in [5.74, 6) is -1.06. The van der Waals surface area contributed by atoms with Gasteiger partial charge in [-0.05, 0) is 23.6 Å². The number of nitrogens with one attached hydrogen (secondary N) is 1. The molecule has 12 heteroatoms. The number of ether oxygens (including phenoxy) is 2. The minimum Gasteiger partial charge on any atom is -0.489 e. The molecule has 0 aliphatic carbocycles. The number of imidazole rings is 1. The highest BCUT2D eigenvalue weighted by Crippen LogP contribution is 2.35. The van der Waals surface area contributed by atoms with Gasteiger partial charge in [-0.15, -0.1) is 11.3 Å². The fourth-order valence-corrected chi connectivity index (χ4v) is 3.59. The molecule has 0 unspecified atom stereocenters. The van der Waals surface area contributed by atoms with Crippen LogP contribution in [0.5, 0.6) is 11.5 Å². The van der Waals surface area contributed by atoms with Crippen LogP contribution in [0.4, 0.5) is 22.0 Å². The monoisotopic (exact) mass is 503 g/mol. The summed E-state index contributed by atoms with van der Waals surface area (Å²) in [6.07, 6.45) is -0.173. The van der Waals surface area contributed by atoms with Gasteiger partial charge in [-0.1, -0.05) is 32.9 Å². The molecule has 6 nitrogen and oxygen atoms in total. The normalized spacial score (nSPS) is 12.6. The lowest BCUT2D eigenvalue weighted by Crippen LogP contribution is -2.34. The Bertz CT molecular complexity index is 1180. The molecule has 3 rings (SSSR count). The van der Waals surface area contributed by atoms with E-state index in [2.05, 4.69) is 9.72 Å². The maximum atomic E-state index is 12.9. The van der Waals surface area contributed by atoms with Gasteiger partial charge in [0.25, 0.3) is 5.91 Å². The number of halogens is 5. The summed E-state index contributed by atoms with van der Waals surface area (Å²) in [6.45, 7) is 1.35. The summed E-state index contributed by atoms with van der Waals surface area (Å²) in [6, 6.07) is 4.42. The van der Waals surface area contributed by atoms with E-state index in [1.165, 1.54) is 46.2 Å². The predicted molar refractivity (Wildman–Crippen MR) is 118 cm³/mol. The molecule has 34 heavy (non-hydrogen) atoms. The van der Waals surface area contributed by atoms with Gasteiger partial charge >= 0.3 is 12.8 Å². The van der Waals surface area contributed by atoms with E-state index in [1.54, 1.807) is 11.4 Å². The Labute approximate surface area is 196 Å². The van der Waals surface area contributed by atoms with E-state index in [1.807, 2.05) is 26.1 Å². The van der Waals surface area contributed by atoms with Gasteiger partial charge in [0.1, 0.15) is 12.2 Å². The van der Waals surface area contributed by atoms with E-state index in [9.17, 15) is 26.7 Å². The van der Waals surface area contributed by atoms with E-state index in [0.29, 0.717) is 10.5 Å². The number of amides is 1. The maximum Gasteiger partial charge on any atom is 0.405 e. The highest BCUT2D eigenvalue weighted by molar-refractivity contribution is 7.15. The highest BCUT2D eigenvalue weighted by atomic mass is 32.1. The Morgan fingerprint density at radius 3 is 2.62 bits per heavy atom. The van der Waals surface area contributed by atoms with Crippen LogP contribution in [0, 0.1) is 5.41 Å². The van der Waals surface area contributed by atoms with Gasteiger partial charge < -0.3 is 14.8 Å². The largest absolute Gasteiger partial charge is 0.489 e. The lowest BCUT2D eigenvalue weighted by molar-refractivity contribution is -0.123. The van der Waals surface area contributed by atoms with Crippen LogP contribution >= 0.6 is 11.3 Å². The number of fused-ring (bicyclic) bond motifs is 1. The zero-order valence-electron chi connectivity index (χ0n) is 18.5. The van der Waals surface area contributed by atoms with Gasteiger partial charge in [0.15, 0.2) is 16.5 Å². The van der Waals surface area contributed by atoms with Crippen molar-refractivity contribution in [2.24, 2.45) is 5.41 Å². The van der Waals surface area contributed by atoms with E-state index in [4.69, 9.17) is 4.74 Å². The Kier molecular flexibility index (Phi) is 7.49. The first-order chi connectivity index (χ1) is 15.8. The van der Waals surface area contributed by atoms with Crippen LogP contribution in [0.25, 0.3) is 17.1 Å². The number of benzene rings is 1. The van der Waals surface area contributed by atoms with Gasteiger partial charge in [0.2, 0.25) is 0 Å². The van der Waals surface area contributed by atoms with E-state index in [0.717, 1.165) is 0 Å². The molecule has 0 fully saturated rings. The summed E-state index contributed by atoms with van der Waals surface area (Å²) in [7, 11) is 0. The van der Waals surface area contributed by atoms with E-state index in [-0.39, 0.29) is 34.9 Å². The molecule has 1 amide bonds. The Morgan fingerprint density at radius 1 is 1.24 bits per heavy atom. The Morgan fingerprint density at radius 2 is 1.97 bits per heavy atom. The minimum atomic E-state index is -4.57. The fourth-order valence-electron chi connectivity index (χ4n) is 2.87. The van der Waals surface area contributed by atoms with Crippen LogP contribution in [-0.4, -0.2) is 41.2 Å². The zero-order chi connectivity index (χ0) is 25.1. The second-order valence-corrected chi connectivity index (χ2v) is 9.31. The maximum absolute atomic E-state index is 12.9. The SMILES string of the molecule is CC(C)(C)COc1c(C=Cc2nc3sccn3c2C(=O)NCC(F)(F)F)cccc1OC(F)F. The molecule has 3 aromatic rings. The van der Waals surface area contributed by atoms with Gasteiger partial charge in [-0.2, -0.15) is 22.0 Å². The third-order valence-electron chi connectivity index (χ3n) is 4.25. The summed E-state index contributed by atoms with van der Waals surface area (Å²) in [5, 5.41) is 3.48. The number of alkyl halides is 5. The topological polar surface area (TPSA) is 64.9 Å². The number of carbonyl (C=O) groups is 1. The molecule has 0 bridgehead atoms. The lowest BCUT2D eigenvalue weighted by atomic mass is 9.98. The molecular weight excluding hydrogens is 481 g/mol. The molecule has 0 aliphatic heterocycles. The van der Waals surface area contributed by atoms with Crippen LogP contribution in [0.15, 0.2) is 29.8 Å². The van der Waals surface area contributed by atoms with Gasteiger partial charge in [0.05, 0.1) is 12.3 Å². The summed E-state index contributed by atoms with van der Waals surface area (Å²) < 4.78 is 75.3. The van der Waals surface area contributed by atoms with Crippen molar-refractivity contribution < 1.29 is 36.2 Å². The quantitative estimate of drug-likeness (QED) is 0.390. The number of nitrogens with zero attached hydrogens (tertiary/aromatic N) is 2. The van der Waals surface area contributed by atoms with Crippen molar-refractivity contribution in [2.45, 2.75) is 33.6 Å². The number of thiazole rings is 1. The van der Waals surface area contributed by atoms with Crippen molar-refractivity contribution in [3.05, 3.63) is 46.7 Å².